The average molecular weight is 395 g/mol. The van der Waals surface area contributed by atoms with Crippen LogP contribution in [0, 0.1) is 3.57 Å². The molecular weight excluding hydrogens is 381 g/mol. The second-order valence-corrected chi connectivity index (χ2v) is 5.69. The second kappa shape index (κ2) is 7.21. The van der Waals surface area contributed by atoms with Crippen LogP contribution in [0.4, 0.5) is 5.69 Å². The number of carbonyl (C=O) groups excluding carboxylic acids is 1. The minimum atomic E-state index is -0.830. The third-order valence-electron chi connectivity index (χ3n) is 2.93. The first-order chi connectivity index (χ1) is 10.1. The molecule has 0 unspecified atom stereocenters. The van der Waals surface area contributed by atoms with Crippen molar-refractivity contribution in [2.45, 2.75) is 12.8 Å². The van der Waals surface area contributed by atoms with Crippen LogP contribution in [-0.2, 0) is 11.2 Å². The van der Waals surface area contributed by atoms with Gasteiger partial charge in [0.2, 0.25) is 0 Å². The molecule has 0 aromatic heterocycles. The van der Waals surface area contributed by atoms with Gasteiger partial charge in [-0.05, 0) is 58.8 Å². The number of nitrogens with one attached hydrogen (secondary N) is 1. The fourth-order valence-electron chi connectivity index (χ4n) is 1.90. The van der Waals surface area contributed by atoms with Crippen LogP contribution in [0.2, 0.25) is 0 Å². The molecule has 0 saturated heterocycles. The van der Waals surface area contributed by atoms with Crippen molar-refractivity contribution in [3.8, 4) is 0 Å². The first-order valence-electron chi connectivity index (χ1n) is 6.43. The highest BCUT2D eigenvalue weighted by Gasteiger charge is 2.09. The highest BCUT2D eigenvalue weighted by molar-refractivity contribution is 14.1. The third kappa shape index (κ3) is 4.56. The van der Waals surface area contributed by atoms with Gasteiger partial charge in [-0.2, -0.15) is 0 Å². The van der Waals surface area contributed by atoms with Gasteiger partial charge in [-0.15, -0.1) is 0 Å². The van der Waals surface area contributed by atoms with Gasteiger partial charge in [0.15, 0.2) is 0 Å². The lowest BCUT2D eigenvalue weighted by atomic mass is 10.1. The summed E-state index contributed by atoms with van der Waals surface area (Å²) in [4.78, 5) is 22.8. The number of amides is 1. The van der Waals surface area contributed by atoms with Gasteiger partial charge in [0.1, 0.15) is 0 Å². The van der Waals surface area contributed by atoms with Crippen LogP contribution in [-0.4, -0.2) is 17.0 Å². The molecule has 0 aliphatic rings. The molecule has 2 aromatic rings. The topological polar surface area (TPSA) is 66.4 Å². The largest absolute Gasteiger partial charge is 0.481 e. The molecule has 2 aromatic carbocycles. The molecule has 1 amide bonds. The quantitative estimate of drug-likeness (QED) is 0.761. The smallest absolute Gasteiger partial charge is 0.303 e. The Hall–Kier alpha value is -1.89. The van der Waals surface area contributed by atoms with Gasteiger partial charge in [0.25, 0.3) is 5.91 Å². The van der Waals surface area contributed by atoms with Crippen molar-refractivity contribution < 1.29 is 14.7 Å². The molecule has 0 bridgehead atoms. The standard InChI is InChI=1S/C16H14INO3/c17-14-7-2-1-6-13(14)16(21)18-12-5-3-4-11(10-12)8-9-15(19)20/h1-7,10H,8-9H2,(H,18,21)(H,19,20). The number of rotatable bonds is 5. The van der Waals surface area contributed by atoms with E-state index in [1.54, 1.807) is 18.2 Å². The molecule has 0 aliphatic carbocycles. The van der Waals surface area contributed by atoms with E-state index >= 15 is 0 Å². The van der Waals surface area contributed by atoms with E-state index in [9.17, 15) is 9.59 Å². The van der Waals surface area contributed by atoms with Crippen molar-refractivity contribution in [2.24, 2.45) is 0 Å². The zero-order valence-corrected chi connectivity index (χ0v) is 13.3. The van der Waals surface area contributed by atoms with Gasteiger partial charge in [0, 0.05) is 15.7 Å². The van der Waals surface area contributed by atoms with E-state index < -0.39 is 5.97 Å². The summed E-state index contributed by atoms with van der Waals surface area (Å²) in [5.41, 5.74) is 2.18. The summed E-state index contributed by atoms with van der Waals surface area (Å²) in [6, 6.07) is 14.6. The van der Waals surface area contributed by atoms with E-state index in [2.05, 4.69) is 27.9 Å². The molecular formula is C16H14INO3. The van der Waals surface area contributed by atoms with Crippen molar-refractivity contribution >= 4 is 40.2 Å². The normalized spacial score (nSPS) is 10.1. The Morgan fingerprint density at radius 3 is 2.57 bits per heavy atom. The van der Waals surface area contributed by atoms with Gasteiger partial charge >= 0.3 is 5.97 Å². The maximum Gasteiger partial charge on any atom is 0.303 e. The second-order valence-electron chi connectivity index (χ2n) is 4.53. The summed E-state index contributed by atoms with van der Waals surface area (Å²) in [5, 5.41) is 11.5. The monoisotopic (exact) mass is 395 g/mol. The number of benzene rings is 2. The first-order valence-corrected chi connectivity index (χ1v) is 7.51. The minimum absolute atomic E-state index is 0.0774. The maximum absolute atomic E-state index is 12.2. The third-order valence-corrected chi connectivity index (χ3v) is 3.87. The Labute approximate surface area is 136 Å². The molecule has 0 spiro atoms. The summed E-state index contributed by atoms with van der Waals surface area (Å²) in [5.74, 6) is -1.00. The molecule has 108 valence electrons. The zero-order valence-electron chi connectivity index (χ0n) is 11.2. The number of aliphatic carboxylic acids is 1. The Balaban J connectivity index is 2.09. The molecule has 0 atom stereocenters. The summed E-state index contributed by atoms with van der Waals surface area (Å²) < 4.78 is 0.884. The molecule has 2 N–H and O–H groups in total. The molecule has 0 saturated carbocycles. The Morgan fingerprint density at radius 1 is 1.10 bits per heavy atom. The Kier molecular flexibility index (Phi) is 5.32. The fraction of sp³-hybridized carbons (Fsp3) is 0.125. The van der Waals surface area contributed by atoms with Gasteiger partial charge in [-0.1, -0.05) is 24.3 Å². The SMILES string of the molecule is O=C(O)CCc1cccc(NC(=O)c2ccccc2I)c1. The van der Waals surface area contributed by atoms with E-state index in [1.807, 2.05) is 30.3 Å². The van der Waals surface area contributed by atoms with Crippen LogP contribution in [0.5, 0.6) is 0 Å². The number of aryl methyl sites for hydroxylation is 1. The summed E-state index contributed by atoms with van der Waals surface area (Å²) in [7, 11) is 0. The Morgan fingerprint density at radius 2 is 1.86 bits per heavy atom. The highest BCUT2D eigenvalue weighted by atomic mass is 127. The van der Waals surface area contributed by atoms with Crippen molar-refractivity contribution in [3.05, 3.63) is 63.2 Å². The van der Waals surface area contributed by atoms with E-state index in [4.69, 9.17) is 5.11 Å². The van der Waals surface area contributed by atoms with Crippen LogP contribution < -0.4 is 5.32 Å². The molecule has 0 heterocycles. The molecule has 5 heteroatoms. The number of carboxylic acids is 1. The molecule has 0 fully saturated rings. The van der Waals surface area contributed by atoms with Gasteiger partial charge in [-0.25, -0.2) is 0 Å². The highest BCUT2D eigenvalue weighted by Crippen LogP contribution is 2.16. The number of carboxylic acid groups (broad SMARTS) is 1. The lowest BCUT2D eigenvalue weighted by Gasteiger charge is -2.08. The van der Waals surface area contributed by atoms with Gasteiger partial charge in [0.05, 0.1) is 5.56 Å². The Bertz CT molecular complexity index is 670. The van der Waals surface area contributed by atoms with E-state index in [1.165, 1.54) is 0 Å². The zero-order chi connectivity index (χ0) is 15.2. The molecule has 4 nitrogen and oxygen atoms in total. The number of hydrogen-bond acceptors (Lipinski definition) is 2. The van der Waals surface area contributed by atoms with E-state index in [0.717, 1.165) is 9.13 Å². The number of halogens is 1. The summed E-state index contributed by atoms with van der Waals surface area (Å²) >= 11 is 2.12. The van der Waals surface area contributed by atoms with Crippen LogP contribution in [0.3, 0.4) is 0 Å². The number of carbonyl (C=O) groups is 2. The lowest BCUT2D eigenvalue weighted by molar-refractivity contribution is -0.136. The molecule has 2 rings (SSSR count). The number of hydrogen-bond donors (Lipinski definition) is 2. The van der Waals surface area contributed by atoms with Crippen LogP contribution >= 0.6 is 22.6 Å². The average Bonchev–Trinajstić information content (AvgIpc) is 2.46. The molecule has 21 heavy (non-hydrogen) atoms. The molecule has 0 radical (unpaired) electrons. The first kappa shape index (κ1) is 15.5. The summed E-state index contributed by atoms with van der Waals surface area (Å²) in [6.07, 6.45) is 0.524. The van der Waals surface area contributed by atoms with Crippen molar-refractivity contribution in [3.63, 3.8) is 0 Å². The van der Waals surface area contributed by atoms with Gasteiger partial charge in [-0.3, -0.25) is 9.59 Å². The minimum Gasteiger partial charge on any atom is -0.481 e. The van der Waals surface area contributed by atoms with Crippen LogP contribution in [0.1, 0.15) is 22.3 Å². The van der Waals surface area contributed by atoms with Crippen LogP contribution in [0.15, 0.2) is 48.5 Å². The van der Waals surface area contributed by atoms with E-state index in [0.29, 0.717) is 17.7 Å². The predicted molar refractivity (Wildman–Crippen MR) is 89.5 cm³/mol. The van der Waals surface area contributed by atoms with Crippen molar-refractivity contribution in [1.29, 1.82) is 0 Å². The maximum atomic E-state index is 12.2. The summed E-state index contributed by atoms with van der Waals surface area (Å²) in [6.45, 7) is 0. The van der Waals surface area contributed by atoms with Crippen molar-refractivity contribution in [1.82, 2.24) is 0 Å². The van der Waals surface area contributed by atoms with Crippen molar-refractivity contribution in [2.75, 3.05) is 5.32 Å². The van der Waals surface area contributed by atoms with Gasteiger partial charge < -0.3 is 10.4 Å². The molecule has 0 aliphatic heterocycles. The predicted octanol–water partition coefficient (Wildman–Crippen LogP) is 3.56. The lowest BCUT2D eigenvalue weighted by Crippen LogP contribution is -2.13. The van der Waals surface area contributed by atoms with E-state index in [-0.39, 0.29) is 12.3 Å². The van der Waals surface area contributed by atoms with Crippen LogP contribution in [0.25, 0.3) is 0 Å². The number of anilines is 1. The fourth-order valence-corrected chi connectivity index (χ4v) is 2.53.